The molecule has 13 rings (SSSR count). The van der Waals surface area contributed by atoms with Gasteiger partial charge in [0.2, 0.25) is 0 Å². The van der Waals surface area contributed by atoms with Gasteiger partial charge < -0.3 is 4.42 Å². The summed E-state index contributed by atoms with van der Waals surface area (Å²) in [5, 5.41) is 4.35. The summed E-state index contributed by atoms with van der Waals surface area (Å²) in [6, 6.07) is 86.0. The molecule has 0 unspecified atom stereocenters. The van der Waals surface area contributed by atoms with Gasteiger partial charge >= 0.3 is 0 Å². The summed E-state index contributed by atoms with van der Waals surface area (Å²) in [7, 11) is 0. The summed E-state index contributed by atoms with van der Waals surface area (Å²) in [5.74, 6) is 2.38. The first kappa shape index (κ1) is 41.5. The van der Waals surface area contributed by atoms with E-state index in [2.05, 4.69) is 188 Å². The first-order chi connectivity index (χ1) is 35.1. The molecular weight excluding hydrogens is 867 g/mol. The van der Waals surface area contributed by atoms with E-state index >= 15 is 0 Å². The highest BCUT2D eigenvalue weighted by molar-refractivity contribution is 6.15. The highest BCUT2D eigenvalue weighted by Crippen LogP contribution is 2.38. The Hall–Kier alpha value is -9.65. The number of hydrogen-bond donors (Lipinski definition) is 0. The Labute approximate surface area is 410 Å². The zero-order valence-electron chi connectivity index (χ0n) is 38.3. The predicted molar refractivity (Wildman–Crippen MR) is 289 cm³/mol. The van der Waals surface area contributed by atoms with Gasteiger partial charge in [-0.05, 0) is 93.4 Å². The van der Waals surface area contributed by atoms with E-state index in [4.69, 9.17) is 29.3 Å². The average Bonchev–Trinajstić information content (AvgIpc) is 3.84. The normalized spacial score (nSPS) is 11.4. The molecule has 0 aliphatic rings. The maximum atomic E-state index is 6.59. The van der Waals surface area contributed by atoms with Gasteiger partial charge in [-0.2, -0.15) is 0 Å². The third kappa shape index (κ3) is 8.09. The van der Waals surface area contributed by atoms with E-state index in [9.17, 15) is 0 Å². The smallest absolute Gasteiger partial charge is 0.164 e. The van der Waals surface area contributed by atoms with Gasteiger partial charge in [0.1, 0.15) is 11.2 Å². The number of benzene rings is 10. The molecular formula is C65H41N5O. The van der Waals surface area contributed by atoms with Crippen LogP contribution in [0.3, 0.4) is 0 Å². The van der Waals surface area contributed by atoms with Gasteiger partial charge in [-0.25, -0.2) is 24.9 Å². The van der Waals surface area contributed by atoms with E-state index in [-0.39, 0.29) is 0 Å². The fourth-order valence-electron chi connectivity index (χ4n) is 9.52. The number of rotatable bonds is 9. The van der Waals surface area contributed by atoms with Crippen molar-refractivity contribution in [3.8, 4) is 101 Å². The van der Waals surface area contributed by atoms with Gasteiger partial charge in [-0.1, -0.05) is 194 Å². The fourth-order valence-corrected chi connectivity index (χ4v) is 9.52. The van der Waals surface area contributed by atoms with Crippen molar-refractivity contribution in [1.29, 1.82) is 0 Å². The summed E-state index contributed by atoms with van der Waals surface area (Å²) in [6.45, 7) is 0. The van der Waals surface area contributed by atoms with Gasteiger partial charge in [-0.3, -0.25) is 0 Å². The van der Waals surface area contributed by atoms with Crippen LogP contribution in [-0.4, -0.2) is 24.9 Å². The quantitative estimate of drug-likeness (QED) is 0.144. The molecule has 13 aromatic rings. The minimum Gasteiger partial charge on any atom is -0.455 e. The lowest BCUT2D eigenvalue weighted by Gasteiger charge is -2.14. The molecule has 0 radical (unpaired) electrons. The third-order valence-corrected chi connectivity index (χ3v) is 13.1. The van der Waals surface area contributed by atoms with Crippen LogP contribution in [0.1, 0.15) is 0 Å². The molecule has 0 atom stereocenters. The van der Waals surface area contributed by atoms with Crippen LogP contribution in [0.25, 0.3) is 134 Å². The Morgan fingerprint density at radius 1 is 0.225 bits per heavy atom. The minimum absolute atomic E-state index is 0.562. The van der Waals surface area contributed by atoms with Crippen LogP contribution < -0.4 is 0 Å². The Bertz CT molecular complexity index is 4040. The molecule has 0 aliphatic heterocycles. The van der Waals surface area contributed by atoms with Gasteiger partial charge in [-0.15, -0.1) is 0 Å². The molecule has 3 aromatic heterocycles. The number of fused-ring (bicyclic) bond motifs is 5. The summed E-state index contributed by atoms with van der Waals surface area (Å²) >= 11 is 0. The number of hydrogen-bond acceptors (Lipinski definition) is 6. The molecule has 6 heteroatoms. The van der Waals surface area contributed by atoms with Crippen molar-refractivity contribution in [3.05, 3.63) is 249 Å². The number of furan rings is 1. The lowest BCUT2D eigenvalue weighted by Crippen LogP contribution is -2.00. The molecule has 6 nitrogen and oxygen atoms in total. The van der Waals surface area contributed by atoms with E-state index < -0.39 is 0 Å². The zero-order valence-corrected chi connectivity index (χ0v) is 38.3. The van der Waals surface area contributed by atoms with Crippen molar-refractivity contribution in [3.63, 3.8) is 0 Å². The molecule has 0 spiro atoms. The summed E-state index contributed by atoms with van der Waals surface area (Å²) in [5.41, 5.74) is 15.4. The number of nitrogens with zero attached hydrogens (tertiary/aromatic N) is 5. The zero-order chi connectivity index (χ0) is 47.1. The van der Waals surface area contributed by atoms with Crippen LogP contribution >= 0.6 is 0 Å². The summed E-state index contributed by atoms with van der Waals surface area (Å²) in [4.78, 5) is 25.8. The molecule has 332 valence electrons. The molecule has 0 fully saturated rings. The van der Waals surface area contributed by atoms with Crippen LogP contribution in [0.15, 0.2) is 253 Å². The predicted octanol–water partition coefficient (Wildman–Crippen LogP) is 16.7. The molecule has 0 amide bonds. The molecule has 0 saturated heterocycles. The lowest BCUT2D eigenvalue weighted by molar-refractivity contribution is 0.673. The average molecular weight is 908 g/mol. The van der Waals surface area contributed by atoms with Crippen molar-refractivity contribution >= 4 is 32.7 Å². The van der Waals surface area contributed by atoms with Crippen molar-refractivity contribution in [2.24, 2.45) is 0 Å². The molecule has 10 aromatic carbocycles. The van der Waals surface area contributed by atoms with E-state index in [0.717, 1.165) is 111 Å². The van der Waals surface area contributed by atoms with Crippen molar-refractivity contribution in [2.45, 2.75) is 0 Å². The van der Waals surface area contributed by atoms with E-state index in [0.29, 0.717) is 23.3 Å². The van der Waals surface area contributed by atoms with Crippen molar-refractivity contribution in [2.75, 3.05) is 0 Å². The standard InChI is InChI=1S/C65H41N5O/c1-5-17-42(18-6-1)52-37-53(43-19-7-2-8-20-43)39-54(38-52)59-41-58(66-62(67-59)45-22-9-3-10-23-45)49-28-15-26-47(35-49)48-27-16-29-50(36-48)64-68-63(46-24-11-4-12-25-46)69-65(70-64)51-32-33-56-57-34-31-44-21-13-14-30-55(44)61(57)71-60(56)40-51/h1-41H. The van der Waals surface area contributed by atoms with Crippen LogP contribution in [-0.2, 0) is 0 Å². The van der Waals surface area contributed by atoms with Gasteiger partial charge in [0.05, 0.1) is 11.4 Å². The lowest BCUT2D eigenvalue weighted by atomic mass is 9.94. The largest absolute Gasteiger partial charge is 0.455 e. The Balaban J connectivity index is 0.904. The van der Waals surface area contributed by atoms with Crippen LogP contribution in [0.2, 0.25) is 0 Å². The van der Waals surface area contributed by atoms with E-state index in [1.807, 2.05) is 60.7 Å². The topological polar surface area (TPSA) is 77.6 Å². The molecule has 3 heterocycles. The first-order valence-corrected chi connectivity index (χ1v) is 23.7. The molecule has 0 N–H and O–H groups in total. The maximum absolute atomic E-state index is 6.59. The molecule has 0 saturated carbocycles. The molecule has 71 heavy (non-hydrogen) atoms. The SMILES string of the molecule is c1ccc(-c2cc(-c3ccccc3)cc(-c3cc(-c4cccc(-c5cccc(-c6nc(-c7ccccc7)nc(-c7ccc8c(c7)oc7c9ccccc9ccc87)n6)c5)c4)nc(-c4ccccc4)n3)c2)cc1. The fraction of sp³-hybridized carbons (Fsp3) is 0. The highest BCUT2D eigenvalue weighted by atomic mass is 16.3. The second-order valence-corrected chi connectivity index (χ2v) is 17.7. The number of aromatic nitrogens is 5. The Kier molecular flexibility index (Phi) is 10.4. The van der Waals surface area contributed by atoms with Gasteiger partial charge in [0.25, 0.3) is 0 Å². The van der Waals surface area contributed by atoms with E-state index in [1.165, 1.54) is 0 Å². The van der Waals surface area contributed by atoms with Crippen LogP contribution in [0.5, 0.6) is 0 Å². The molecule has 0 bridgehead atoms. The first-order valence-electron chi connectivity index (χ1n) is 23.7. The third-order valence-electron chi connectivity index (χ3n) is 13.1. The van der Waals surface area contributed by atoms with Crippen molar-refractivity contribution in [1.82, 2.24) is 24.9 Å². The van der Waals surface area contributed by atoms with Crippen LogP contribution in [0.4, 0.5) is 0 Å². The maximum Gasteiger partial charge on any atom is 0.164 e. The molecule has 0 aliphatic carbocycles. The Morgan fingerprint density at radius 2 is 0.648 bits per heavy atom. The minimum atomic E-state index is 0.562. The van der Waals surface area contributed by atoms with E-state index in [1.54, 1.807) is 0 Å². The second-order valence-electron chi connectivity index (χ2n) is 17.7. The van der Waals surface area contributed by atoms with Crippen molar-refractivity contribution < 1.29 is 4.42 Å². The van der Waals surface area contributed by atoms with Gasteiger partial charge in [0.15, 0.2) is 23.3 Å². The second kappa shape index (κ2) is 17.8. The van der Waals surface area contributed by atoms with Gasteiger partial charge in [0, 0.05) is 49.5 Å². The monoisotopic (exact) mass is 907 g/mol. The summed E-state index contributed by atoms with van der Waals surface area (Å²) < 4.78 is 6.59. The van der Waals surface area contributed by atoms with Crippen LogP contribution in [0, 0.1) is 0 Å². The summed E-state index contributed by atoms with van der Waals surface area (Å²) in [6.07, 6.45) is 0. The highest BCUT2D eigenvalue weighted by Gasteiger charge is 2.18. The Morgan fingerprint density at radius 3 is 1.27 bits per heavy atom.